The average molecular weight is 346 g/mol. The van der Waals surface area contributed by atoms with Gasteiger partial charge in [-0.1, -0.05) is 12.1 Å². The summed E-state index contributed by atoms with van der Waals surface area (Å²) < 4.78 is 15.7. The van der Waals surface area contributed by atoms with Crippen LogP contribution in [-0.4, -0.2) is 40.3 Å². The SMILES string of the molecule is Cc1cc(C(=O)N(CC(N)=O)CC(N)=O)c(C)n1-c1ccccc1F. The number of benzene rings is 1. The molecule has 3 amide bonds. The van der Waals surface area contributed by atoms with Gasteiger partial charge in [-0.3, -0.25) is 14.4 Å². The summed E-state index contributed by atoms with van der Waals surface area (Å²) in [5.74, 6) is -2.54. The third kappa shape index (κ3) is 3.85. The van der Waals surface area contributed by atoms with Crippen molar-refractivity contribution in [2.45, 2.75) is 13.8 Å². The van der Waals surface area contributed by atoms with Crippen molar-refractivity contribution in [3.05, 3.63) is 53.1 Å². The minimum Gasteiger partial charge on any atom is -0.368 e. The maximum Gasteiger partial charge on any atom is 0.256 e. The first-order valence-electron chi connectivity index (χ1n) is 7.52. The molecule has 8 heteroatoms. The molecule has 25 heavy (non-hydrogen) atoms. The topological polar surface area (TPSA) is 111 Å². The number of hydrogen-bond acceptors (Lipinski definition) is 3. The molecule has 0 saturated carbocycles. The molecule has 0 aliphatic rings. The van der Waals surface area contributed by atoms with E-state index in [9.17, 15) is 18.8 Å². The van der Waals surface area contributed by atoms with E-state index >= 15 is 0 Å². The summed E-state index contributed by atoms with van der Waals surface area (Å²) in [5.41, 5.74) is 11.9. The number of hydrogen-bond donors (Lipinski definition) is 2. The number of aryl methyl sites for hydroxylation is 1. The fourth-order valence-electron chi connectivity index (χ4n) is 2.73. The van der Waals surface area contributed by atoms with Crippen LogP contribution >= 0.6 is 0 Å². The molecule has 0 unspecified atom stereocenters. The largest absolute Gasteiger partial charge is 0.368 e. The second-order valence-corrected chi connectivity index (χ2v) is 5.67. The Hall–Kier alpha value is -3.16. The Morgan fingerprint density at radius 1 is 1.08 bits per heavy atom. The van der Waals surface area contributed by atoms with Crippen LogP contribution in [0.1, 0.15) is 21.7 Å². The summed E-state index contributed by atoms with van der Waals surface area (Å²) in [6.07, 6.45) is 0. The number of rotatable bonds is 6. The van der Waals surface area contributed by atoms with E-state index in [4.69, 9.17) is 11.5 Å². The highest BCUT2D eigenvalue weighted by atomic mass is 19.1. The fraction of sp³-hybridized carbons (Fsp3) is 0.235. The Kier molecular flexibility index (Phi) is 5.21. The minimum absolute atomic E-state index is 0.239. The third-order valence-electron chi connectivity index (χ3n) is 3.74. The average Bonchev–Trinajstić information content (AvgIpc) is 2.80. The first-order valence-corrected chi connectivity index (χ1v) is 7.52. The molecule has 0 radical (unpaired) electrons. The van der Waals surface area contributed by atoms with Crippen molar-refractivity contribution in [3.63, 3.8) is 0 Å². The van der Waals surface area contributed by atoms with Crippen LogP contribution in [0.2, 0.25) is 0 Å². The van der Waals surface area contributed by atoms with Gasteiger partial charge in [-0.05, 0) is 32.0 Å². The van der Waals surface area contributed by atoms with E-state index < -0.39 is 36.6 Å². The van der Waals surface area contributed by atoms with E-state index in [1.54, 1.807) is 42.7 Å². The van der Waals surface area contributed by atoms with Crippen molar-refractivity contribution >= 4 is 17.7 Å². The van der Waals surface area contributed by atoms with Crippen LogP contribution < -0.4 is 11.5 Å². The summed E-state index contributed by atoms with van der Waals surface area (Å²) in [7, 11) is 0. The summed E-state index contributed by atoms with van der Waals surface area (Å²) >= 11 is 0. The molecule has 0 atom stereocenters. The lowest BCUT2D eigenvalue weighted by Crippen LogP contribution is -2.43. The van der Waals surface area contributed by atoms with Gasteiger partial charge in [0.05, 0.1) is 11.3 Å². The van der Waals surface area contributed by atoms with Gasteiger partial charge in [0, 0.05) is 11.4 Å². The van der Waals surface area contributed by atoms with Gasteiger partial charge in [0.15, 0.2) is 0 Å². The molecule has 0 fully saturated rings. The van der Waals surface area contributed by atoms with E-state index in [1.165, 1.54) is 6.07 Å². The van der Waals surface area contributed by atoms with E-state index in [1.807, 2.05) is 0 Å². The highest BCUT2D eigenvalue weighted by molar-refractivity contribution is 5.99. The van der Waals surface area contributed by atoms with Crippen molar-refractivity contribution in [1.82, 2.24) is 9.47 Å². The number of halogens is 1. The second-order valence-electron chi connectivity index (χ2n) is 5.67. The minimum atomic E-state index is -0.766. The lowest BCUT2D eigenvalue weighted by Gasteiger charge is -2.19. The Bertz CT molecular complexity index is 828. The van der Waals surface area contributed by atoms with Gasteiger partial charge in [0.2, 0.25) is 11.8 Å². The number of nitrogens with two attached hydrogens (primary N) is 2. The number of amides is 3. The Morgan fingerprint density at radius 3 is 2.16 bits per heavy atom. The van der Waals surface area contributed by atoms with Gasteiger partial charge >= 0.3 is 0 Å². The standard InChI is InChI=1S/C17H19FN4O3/c1-10-7-12(17(25)21(8-15(19)23)9-16(20)24)11(2)22(10)14-6-4-3-5-13(14)18/h3-7H,8-9H2,1-2H3,(H2,19,23)(H2,20,24). The quantitative estimate of drug-likeness (QED) is 0.801. The second kappa shape index (κ2) is 7.16. The van der Waals surface area contributed by atoms with Crippen LogP contribution in [-0.2, 0) is 9.59 Å². The van der Waals surface area contributed by atoms with E-state index in [0.717, 1.165) is 4.90 Å². The normalized spacial score (nSPS) is 10.5. The highest BCUT2D eigenvalue weighted by Crippen LogP contribution is 2.23. The van der Waals surface area contributed by atoms with Crippen LogP contribution in [0.5, 0.6) is 0 Å². The lowest BCUT2D eigenvalue weighted by atomic mass is 10.2. The molecule has 0 saturated heterocycles. The Balaban J connectivity index is 2.47. The maximum atomic E-state index is 14.1. The van der Waals surface area contributed by atoms with Crippen molar-refractivity contribution in [2.75, 3.05) is 13.1 Å². The molecule has 0 aliphatic carbocycles. The van der Waals surface area contributed by atoms with Gasteiger partial charge in [0.1, 0.15) is 18.9 Å². The summed E-state index contributed by atoms with van der Waals surface area (Å²) in [6.45, 7) is 2.50. The molecule has 0 spiro atoms. The molecule has 0 bridgehead atoms. The molecule has 1 heterocycles. The van der Waals surface area contributed by atoms with Gasteiger partial charge in [-0.25, -0.2) is 4.39 Å². The number of carbonyl (C=O) groups is 3. The van der Waals surface area contributed by atoms with Crippen molar-refractivity contribution in [2.24, 2.45) is 11.5 Å². The van der Waals surface area contributed by atoms with E-state index in [-0.39, 0.29) is 5.56 Å². The van der Waals surface area contributed by atoms with Gasteiger partial charge in [-0.2, -0.15) is 0 Å². The highest BCUT2D eigenvalue weighted by Gasteiger charge is 2.24. The fourth-order valence-corrected chi connectivity index (χ4v) is 2.73. The Morgan fingerprint density at radius 2 is 1.64 bits per heavy atom. The molecule has 132 valence electrons. The predicted molar refractivity (Wildman–Crippen MR) is 89.5 cm³/mol. The van der Waals surface area contributed by atoms with Crippen molar-refractivity contribution in [1.29, 1.82) is 0 Å². The number of carbonyl (C=O) groups excluding carboxylic acids is 3. The third-order valence-corrected chi connectivity index (χ3v) is 3.74. The van der Waals surface area contributed by atoms with Crippen LogP contribution in [0.4, 0.5) is 4.39 Å². The van der Waals surface area contributed by atoms with Gasteiger partial charge < -0.3 is 20.9 Å². The first kappa shape index (κ1) is 18.2. The molecule has 7 nitrogen and oxygen atoms in total. The van der Waals surface area contributed by atoms with Crippen LogP contribution in [0.3, 0.4) is 0 Å². The maximum absolute atomic E-state index is 14.1. The number of para-hydroxylation sites is 1. The van der Waals surface area contributed by atoms with Crippen molar-refractivity contribution < 1.29 is 18.8 Å². The van der Waals surface area contributed by atoms with E-state index in [2.05, 4.69) is 0 Å². The van der Waals surface area contributed by atoms with E-state index in [0.29, 0.717) is 17.1 Å². The zero-order valence-corrected chi connectivity index (χ0v) is 14.0. The molecule has 1 aromatic carbocycles. The van der Waals surface area contributed by atoms with Crippen LogP contribution in [0, 0.1) is 19.7 Å². The first-order chi connectivity index (χ1) is 11.7. The molecule has 2 rings (SSSR count). The van der Waals surface area contributed by atoms with Gasteiger partial charge in [-0.15, -0.1) is 0 Å². The molecular formula is C17H19FN4O3. The molecule has 1 aromatic heterocycles. The van der Waals surface area contributed by atoms with Gasteiger partial charge in [0.25, 0.3) is 5.91 Å². The number of primary amides is 2. The summed E-state index contributed by atoms with van der Waals surface area (Å²) in [4.78, 5) is 36.0. The zero-order valence-electron chi connectivity index (χ0n) is 14.0. The number of nitrogens with zero attached hydrogens (tertiary/aromatic N) is 2. The molecular weight excluding hydrogens is 327 g/mol. The van der Waals surface area contributed by atoms with Crippen molar-refractivity contribution in [3.8, 4) is 5.69 Å². The smallest absolute Gasteiger partial charge is 0.256 e. The van der Waals surface area contributed by atoms with Crippen LogP contribution in [0.25, 0.3) is 5.69 Å². The summed E-state index contributed by atoms with van der Waals surface area (Å²) in [6, 6.07) is 7.74. The number of aromatic nitrogens is 1. The molecule has 4 N–H and O–H groups in total. The monoisotopic (exact) mass is 346 g/mol. The molecule has 0 aliphatic heterocycles. The van der Waals surface area contributed by atoms with Crippen LogP contribution in [0.15, 0.2) is 30.3 Å². The Labute approximate surface area is 144 Å². The predicted octanol–water partition coefficient (Wildman–Crippen LogP) is 0.646. The zero-order chi connectivity index (χ0) is 18.7. The lowest BCUT2D eigenvalue weighted by molar-refractivity contribution is -0.121. The summed E-state index contributed by atoms with van der Waals surface area (Å²) in [5, 5.41) is 0. The molecule has 2 aromatic rings.